The molecule has 1 aliphatic heterocycles. The summed E-state index contributed by atoms with van der Waals surface area (Å²) in [6.45, 7) is 2.01. The van der Waals surface area contributed by atoms with Crippen LogP contribution in [0, 0.1) is 0 Å². The van der Waals surface area contributed by atoms with Crippen LogP contribution in [0.15, 0.2) is 48.8 Å². The van der Waals surface area contributed by atoms with E-state index in [9.17, 15) is 9.90 Å². The van der Waals surface area contributed by atoms with Crippen molar-refractivity contribution in [2.75, 3.05) is 32.0 Å². The summed E-state index contributed by atoms with van der Waals surface area (Å²) < 4.78 is 6.97. The van der Waals surface area contributed by atoms with Crippen LogP contribution in [0.3, 0.4) is 0 Å². The van der Waals surface area contributed by atoms with Crippen LogP contribution < -0.4 is 5.73 Å². The van der Waals surface area contributed by atoms with Crippen molar-refractivity contribution in [3.05, 3.63) is 71.3 Å². The first kappa shape index (κ1) is 20.7. The van der Waals surface area contributed by atoms with Gasteiger partial charge in [-0.1, -0.05) is 12.1 Å². The Morgan fingerprint density at radius 1 is 1.12 bits per heavy atom. The molecule has 1 amide bonds. The van der Waals surface area contributed by atoms with Crippen LogP contribution in [0.25, 0.3) is 16.7 Å². The lowest BCUT2D eigenvalue weighted by Gasteiger charge is -2.26. The molecule has 6 rings (SSSR count). The molecule has 4 aromatic rings. The molecule has 34 heavy (non-hydrogen) atoms. The van der Waals surface area contributed by atoms with Gasteiger partial charge in [0.05, 0.1) is 24.4 Å². The van der Waals surface area contributed by atoms with E-state index in [1.807, 2.05) is 30.3 Å². The second kappa shape index (κ2) is 7.86. The predicted octanol–water partition coefficient (Wildman–Crippen LogP) is 1.45. The molecule has 0 saturated carbocycles. The number of nitrogens with zero attached hydrogens (tertiary/aromatic N) is 6. The molecule has 3 N–H and O–H groups in total. The van der Waals surface area contributed by atoms with Crippen LogP contribution in [0.2, 0.25) is 0 Å². The van der Waals surface area contributed by atoms with Gasteiger partial charge < -0.3 is 20.5 Å². The largest absolute Gasteiger partial charge is 0.379 e. The lowest BCUT2D eigenvalue weighted by molar-refractivity contribution is 0.0300. The predicted molar refractivity (Wildman–Crippen MR) is 123 cm³/mol. The molecule has 2 aliphatic rings. The van der Waals surface area contributed by atoms with Gasteiger partial charge in [0.25, 0.3) is 5.91 Å². The average molecular weight is 457 g/mol. The fourth-order valence-corrected chi connectivity index (χ4v) is 4.83. The molecule has 1 fully saturated rings. The first-order valence-electron chi connectivity index (χ1n) is 11.2. The van der Waals surface area contributed by atoms with E-state index in [4.69, 9.17) is 10.5 Å². The fourth-order valence-electron chi connectivity index (χ4n) is 4.83. The molecule has 1 aromatic carbocycles. The van der Waals surface area contributed by atoms with Gasteiger partial charge in [-0.05, 0) is 42.2 Å². The Morgan fingerprint density at radius 2 is 1.97 bits per heavy atom. The van der Waals surface area contributed by atoms with Gasteiger partial charge in [0, 0.05) is 36.9 Å². The molecule has 172 valence electrons. The highest BCUT2D eigenvalue weighted by Crippen LogP contribution is 2.41. The zero-order chi connectivity index (χ0) is 23.3. The smallest absolute Gasteiger partial charge is 0.275 e. The number of fused-ring (bicyclic) bond motifs is 2. The molecule has 1 atom stereocenters. The SMILES string of the molecule is Nc1nccc(-n2nc(C(=O)N3CCOCC3)c3ccc(C4(O)CCc5cccnc54)cc32)n1. The number of ether oxygens (including phenoxy) is 1. The number of anilines is 1. The minimum Gasteiger partial charge on any atom is -0.379 e. The van der Waals surface area contributed by atoms with Crippen LogP contribution in [-0.2, 0) is 16.8 Å². The number of nitrogens with two attached hydrogens (primary N) is 1. The summed E-state index contributed by atoms with van der Waals surface area (Å²) in [5.41, 5.74) is 7.95. The number of nitrogen functional groups attached to an aromatic ring is 1. The number of carbonyl (C=O) groups is 1. The molecule has 3 aromatic heterocycles. The van der Waals surface area contributed by atoms with Crippen molar-refractivity contribution in [1.82, 2.24) is 29.6 Å². The number of aliphatic hydroxyl groups is 1. The second-order valence-electron chi connectivity index (χ2n) is 8.54. The molecule has 1 saturated heterocycles. The summed E-state index contributed by atoms with van der Waals surface area (Å²) in [7, 11) is 0. The number of carbonyl (C=O) groups excluding carboxylic acids is 1. The van der Waals surface area contributed by atoms with Crippen LogP contribution in [0.5, 0.6) is 0 Å². The normalized spacial score (nSPS) is 20.0. The highest BCUT2D eigenvalue weighted by atomic mass is 16.5. The fraction of sp³-hybridized carbons (Fsp3) is 0.292. The Bertz CT molecular complexity index is 1410. The monoisotopic (exact) mass is 457 g/mol. The molecule has 10 heteroatoms. The van der Waals surface area contributed by atoms with Gasteiger partial charge >= 0.3 is 0 Å². The van der Waals surface area contributed by atoms with Crippen LogP contribution >= 0.6 is 0 Å². The maximum Gasteiger partial charge on any atom is 0.275 e. The summed E-state index contributed by atoms with van der Waals surface area (Å²) >= 11 is 0. The van der Waals surface area contributed by atoms with Gasteiger partial charge in [-0.2, -0.15) is 10.1 Å². The number of aryl methyl sites for hydroxylation is 1. The standard InChI is InChI=1S/C24H23N7O3/c25-23-27-9-6-19(28-23)31-18-14-16(24(33)7-5-15-2-1-8-26-21(15)24)3-4-17(18)20(29-31)22(32)30-10-12-34-13-11-30/h1-4,6,8-9,14,33H,5,7,10-13H2,(H2,25,27,28). The third-order valence-electron chi connectivity index (χ3n) is 6.58. The van der Waals surface area contributed by atoms with E-state index in [2.05, 4.69) is 20.1 Å². The maximum absolute atomic E-state index is 13.4. The van der Waals surface area contributed by atoms with E-state index in [1.165, 1.54) is 0 Å². The number of hydrogen-bond acceptors (Lipinski definition) is 8. The number of pyridine rings is 1. The number of hydrogen-bond donors (Lipinski definition) is 2. The molecule has 1 aliphatic carbocycles. The Labute approximate surface area is 195 Å². The average Bonchev–Trinajstić information content (AvgIpc) is 3.43. The summed E-state index contributed by atoms with van der Waals surface area (Å²) in [5.74, 6) is 0.368. The third kappa shape index (κ3) is 3.22. The molecule has 0 bridgehead atoms. The Kier molecular flexibility index (Phi) is 4.78. The molecule has 0 radical (unpaired) electrons. The lowest BCUT2D eigenvalue weighted by atomic mass is 9.90. The number of morpholine rings is 1. The van der Waals surface area contributed by atoms with Crippen LogP contribution in [0.4, 0.5) is 5.95 Å². The highest BCUT2D eigenvalue weighted by molar-refractivity contribution is 6.05. The Balaban J connectivity index is 1.53. The van der Waals surface area contributed by atoms with Crippen molar-refractivity contribution < 1.29 is 14.6 Å². The van der Waals surface area contributed by atoms with Gasteiger partial charge in [0.15, 0.2) is 11.5 Å². The zero-order valence-electron chi connectivity index (χ0n) is 18.4. The third-order valence-corrected chi connectivity index (χ3v) is 6.58. The maximum atomic E-state index is 13.4. The van der Waals surface area contributed by atoms with Crippen LogP contribution in [0.1, 0.15) is 33.7 Å². The van der Waals surface area contributed by atoms with Gasteiger partial charge in [0.1, 0.15) is 5.60 Å². The first-order valence-corrected chi connectivity index (χ1v) is 11.2. The number of amides is 1. The van der Waals surface area contributed by atoms with E-state index >= 15 is 0 Å². The summed E-state index contributed by atoms with van der Waals surface area (Å²) in [5, 5.41) is 17.0. The quantitative estimate of drug-likeness (QED) is 0.472. The molecule has 4 heterocycles. The summed E-state index contributed by atoms with van der Waals surface area (Å²) in [4.78, 5) is 27.9. The molecular weight excluding hydrogens is 434 g/mol. The minimum atomic E-state index is -1.22. The van der Waals surface area contributed by atoms with Gasteiger partial charge in [-0.15, -0.1) is 0 Å². The Hall–Kier alpha value is -3.89. The minimum absolute atomic E-state index is 0.103. The van der Waals surface area contributed by atoms with Crippen molar-refractivity contribution >= 4 is 22.8 Å². The Morgan fingerprint density at radius 3 is 2.79 bits per heavy atom. The van der Waals surface area contributed by atoms with Gasteiger partial charge in [-0.25, -0.2) is 9.67 Å². The van der Waals surface area contributed by atoms with Gasteiger partial charge in [0.2, 0.25) is 5.95 Å². The lowest BCUT2D eigenvalue weighted by Crippen LogP contribution is -2.41. The van der Waals surface area contributed by atoms with E-state index in [0.29, 0.717) is 66.4 Å². The van der Waals surface area contributed by atoms with E-state index < -0.39 is 5.60 Å². The highest BCUT2D eigenvalue weighted by Gasteiger charge is 2.40. The van der Waals surface area contributed by atoms with Crippen molar-refractivity contribution in [3.8, 4) is 5.82 Å². The zero-order valence-corrected chi connectivity index (χ0v) is 18.4. The first-order chi connectivity index (χ1) is 16.5. The van der Waals surface area contributed by atoms with Gasteiger partial charge in [-0.3, -0.25) is 9.78 Å². The van der Waals surface area contributed by atoms with Crippen LogP contribution in [-0.4, -0.2) is 66.9 Å². The van der Waals surface area contributed by atoms with E-state index in [-0.39, 0.29) is 11.9 Å². The molecule has 1 unspecified atom stereocenters. The second-order valence-corrected chi connectivity index (χ2v) is 8.54. The van der Waals surface area contributed by atoms with Crippen molar-refractivity contribution in [1.29, 1.82) is 0 Å². The molecule has 10 nitrogen and oxygen atoms in total. The summed E-state index contributed by atoms with van der Waals surface area (Å²) in [6, 6.07) is 11.1. The van der Waals surface area contributed by atoms with Crippen molar-refractivity contribution in [2.45, 2.75) is 18.4 Å². The molecular formula is C24H23N7O3. The summed E-state index contributed by atoms with van der Waals surface area (Å²) in [6.07, 6.45) is 4.50. The topological polar surface area (TPSA) is 132 Å². The number of aromatic nitrogens is 5. The molecule has 0 spiro atoms. The van der Waals surface area contributed by atoms with Crippen molar-refractivity contribution in [3.63, 3.8) is 0 Å². The number of benzene rings is 1. The van der Waals surface area contributed by atoms with E-state index in [0.717, 1.165) is 12.0 Å². The number of rotatable bonds is 3. The van der Waals surface area contributed by atoms with Crippen molar-refractivity contribution in [2.24, 2.45) is 0 Å². The van der Waals surface area contributed by atoms with E-state index in [1.54, 1.807) is 28.0 Å².